The van der Waals surface area contributed by atoms with Crippen molar-refractivity contribution in [2.45, 2.75) is 38.5 Å². The van der Waals surface area contributed by atoms with Crippen LogP contribution in [0.5, 0.6) is 5.75 Å². The molecule has 0 spiro atoms. The number of unbranched alkanes of at least 4 members (excludes halogenated alkanes) is 1. The van der Waals surface area contributed by atoms with Gasteiger partial charge in [0, 0.05) is 17.1 Å². The van der Waals surface area contributed by atoms with Crippen LogP contribution in [0.2, 0.25) is 0 Å². The number of anilines is 2. The van der Waals surface area contributed by atoms with Crippen molar-refractivity contribution in [3.63, 3.8) is 0 Å². The van der Waals surface area contributed by atoms with Crippen LogP contribution in [-0.2, 0) is 10.0 Å². The molecule has 8 nitrogen and oxygen atoms in total. The minimum absolute atomic E-state index is 0.0135. The van der Waals surface area contributed by atoms with E-state index in [1.54, 1.807) is 38.1 Å². The second-order valence-corrected chi connectivity index (χ2v) is 8.94. The van der Waals surface area contributed by atoms with E-state index in [1.165, 1.54) is 24.3 Å². The normalized spacial score (nSPS) is 11.1. The molecular formula is C23H26N4O4S. The van der Waals surface area contributed by atoms with E-state index < -0.39 is 10.0 Å². The zero-order valence-electron chi connectivity index (χ0n) is 18.3. The van der Waals surface area contributed by atoms with Gasteiger partial charge in [0.2, 0.25) is 5.95 Å². The first-order valence-corrected chi connectivity index (χ1v) is 11.7. The molecule has 32 heavy (non-hydrogen) atoms. The number of nitrogens with one attached hydrogen (secondary N) is 2. The number of amides is 1. The fourth-order valence-electron chi connectivity index (χ4n) is 2.97. The van der Waals surface area contributed by atoms with Gasteiger partial charge in [-0.2, -0.15) is 0 Å². The van der Waals surface area contributed by atoms with Crippen LogP contribution in [0.4, 0.5) is 11.6 Å². The number of aryl methyl sites for hydroxylation is 2. The quantitative estimate of drug-likeness (QED) is 0.466. The molecule has 168 valence electrons. The molecule has 0 radical (unpaired) electrons. The number of aromatic nitrogens is 2. The predicted molar refractivity (Wildman–Crippen MR) is 124 cm³/mol. The van der Waals surface area contributed by atoms with E-state index in [4.69, 9.17) is 4.74 Å². The van der Waals surface area contributed by atoms with Crippen molar-refractivity contribution in [2.75, 3.05) is 16.6 Å². The first-order chi connectivity index (χ1) is 15.3. The van der Waals surface area contributed by atoms with Crippen LogP contribution >= 0.6 is 0 Å². The highest BCUT2D eigenvalue weighted by Gasteiger charge is 2.17. The predicted octanol–water partition coefficient (Wildman–Crippen LogP) is 4.33. The Labute approximate surface area is 188 Å². The molecule has 9 heteroatoms. The summed E-state index contributed by atoms with van der Waals surface area (Å²) in [5.41, 5.74) is 2.19. The molecule has 0 unspecified atom stereocenters. The first kappa shape index (κ1) is 23.2. The Balaban J connectivity index is 1.71. The summed E-state index contributed by atoms with van der Waals surface area (Å²) in [5.74, 6) is 0.185. The number of nitrogens with zero attached hydrogens (tertiary/aromatic N) is 2. The van der Waals surface area contributed by atoms with Gasteiger partial charge in [-0.1, -0.05) is 25.5 Å². The lowest BCUT2D eigenvalue weighted by molar-refractivity contribution is 0.102. The van der Waals surface area contributed by atoms with Crippen molar-refractivity contribution in [1.29, 1.82) is 0 Å². The lowest BCUT2D eigenvalue weighted by Gasteiger charge is -2.12. The fourth-order valence-corrected chi connectivity index (χ4v) is 3.92. The number of sulfonamides is 1. The van der Waals surface area contributed by atoms with E-state index in [0.29, 0.717) is 35.0 Å². The van der Waals surface area contributed by atoms with E-state index in [-0.39, 0.29) is 16.8 Å². The molecule has 0 bridgehead atoms. The largest absolute Gasteiger partial charge is 0.493 e. The molecule has 3 aromatic rings. The summed E-state index contributed by atoms with van der Waals surface area (Å²) in [6, 6.07) is 14.6. The van der Waals surface area contributed by atoms with Crippen molar-refractivity contribution in [2.24, 2.45) is 0 Å². The molecule has 2 N–H and O–H groups in total. The van der Waals surface area contributed by atoms with Gasteiger partial charge in [-0.3, -0.25) is 4.79 Å². The lowest BCUT2D eigenvalue weighted by atomic mass is 10.2. The summed E-state index contributed by atoms with van der Waals surface area (Å²) < 4.78 is 33.4. The standard InChI is InChI=1S/C23H26N4O4S/c1-4-5-14-31-21-9-7-6-8-20(21)22(28)26-18-10-12-19(13-11-18)32(29,30)27-23-24-16(2)15-17(3)25-23/h6-13,15H,4-5,14H2,1-3H3,(H,26,28)(H,24,25,27). The number of ether oxygens (including phenoxy) is 1. The SMILES string of the molecule is CCCCOc1ccccc1C(=O)Nc1ccc(S(=O)(=O)Nc2nc(C)cc(C)n2)cc1. The molecule has 0 saturated heterocycles. The highest BCUT2D eigenvalue weighted by atomic mass is 32.2. The van der Waals surface area contributed by atoms with Crippen LogP contribution < -0.4 is 14.8 Å². The summed E-state index contributed by atoms with van der Waals surface area (Å²) >= 11 is 0. The van der Waals surface area contributed by atoms with Gasteiger partial charge in [0.15, 0.2) is 0 Å². The van der Waals surface area contributed by atoms with Crippen LogP contribution in [0.15, 0.2) is 59.5 Å². The molecule has 1 aromatic heterocycles. The molecular weight excluding hydrogens is 428 g/mol. The highest BCUT2D eigenvalue weighted by molar-refractivity contribution is 7.92. The van der Waals surface area contributed by atoms with Crippen LogP contribution in [0, 0.1) is 13.8 Å². The molecule has 0 fully saturated rings. The van der Waals surface area contributed by atoms with Crippen molar-refractivity contribution in [1.82, 2.24) is 9.97 Å². The third-order valence-electron chi connectivity index (χ3n) is 4.52. The Morgan fingerprint density at radius 2 is 1.66 bits per heavy atom. The van der Waals surface area contributed by atoms with Crippen molar-refractivity contribution >= 4 is 27.6 Å². The van der Waals surface area contributed by atoms with Gasteiger partial charge in [0.05, 0.1) is 17.1 Å². The average Bonchev–Trinajstić information content (AvgIpc) is 2.73. The number of para-hydroxylation sites is 1. The lowest BCUT2D eigenvalue weighted by Crippen LogP contribution is -2.16. The second kappa shape index (κ2) is 10.2. The van der Waals surface area contributed by atoms with E-state index in [2.05, 4.69) is 26.9 Å². The zero-order valence-corrected chi connectivity index (χ0v) is 19.1. The maximum atomic E-state index is 12.7. The Bertz CT molecular complexity index is 1170. The number of benzene rings is 2. The van der Waals surface area contributed by atoms with E-state index in [0.717, 1.165) is 12.8 Å². The van der Waals surface area contributed by atoms with E-state index in [1.807, 2.05) is 6.07 Å². The Morgan fingerprint density at radius 3 is 2.31 bits per heavy atom. The van der Waals surface area contributed by atoms with Crippen LogP contribution in [0.3, 0.4) is 0 Å². The van der Waals surface area contributed by atoms with Crippen LogP contribution in [0.25, 0.3) is 0 Å². The molecule has 0 aliphatic heterocycles. The summed E-state index contributed by atoms with van der Waals surface area (Å²) in [5, 5.41) is 2.77. The monoisotopic (exact) mass is 454 g/mol. The maximum Gasteiger partial charge on any atom is 0.264 e. The molecule has 0 aliphatic rings. The molecule has 0 saturated carbocycles. The highest BCUT2D eigenvalue weighted by Crippen LogP contribution is 2.21. The smallest absolute Gasteiger partial charge is 0.264 e. The Morgan fingerprint density at radius 1 is 1.00 bits per heavy atom. The zero-order chi connectivity index (χ0) is 23.1. The summed E-state index contributed by atoms with van der Waals surface area (Å²) in [6.45, 7) is 6.12. The van der Waals surface area contributed by atoms with Gasteiger partial charge >= 0.3 is 0 Å². The second-order valence-electron chi connectivity index (χ2n) is 7.26. The van der Waals surface area contributed by atoms with Gasteiger partial charge in [0.1, 0.15) is 5.75 Å². The van der Waals surface area contributed by atoms with Gasteiger partial charge in [-0.05, 0) is 62.7 Å². The molecule has 0 aliphatic carbocycles. The van der Waals surface area contributed by atoms with E-state index >= 15 is 0 Å². The van der Waals surface area contributed by atoms with Crippen molar-refractivity contribution in [3.8, 4) is 5.75 Å². The third-order valence-corrected chi connectivity index (χ3v) is 5.86. The summed E-state index contributed by atoms with van der Waals surface area (Å²) in [4.78, 5) is 20.9. The Kier molecular flexibility index (Phi) is 7.42. The molecule has 1 amide bonds. The van der Waals surface area contributed by atoms with Crippen LogP contribution in [-0.4, -0.2) is 30.9 Å². The molecule has 1 heterocycles. The fraction of sp³-hybridized carbons (Fsp3) is 0.261. The number of rotatable bonds is 9. The minimum atomic E-state index is -3.87. The van der Waals surface area contributed by atoms with Crippen molar-refractivity contribution < 1.29 is 17.9 Å². The minimum Gasteiger partial charge on any atom is -0.493 e. The van der Waals surface area contributed by atoms with Gasteiger partial charge in [-0.15, -0.1) is 0 Å². The summed E-state index contributed by atoms with van der Waals surface area (Å²) in [6.07, 6.45) is 1.89. The Hall–Kier alpha value is -3.46. The molecule has 0 atom stereocenters. The van der Waals surface area contributed by atoms with Gasteiger partial charge in [0.25, 0.3) is 15.9 Å². The molecule has 2 aromatic carbocycles. The van der Waals surface area contributed by atoms with E-state index in [9.17, 15) is 13.2 Å². The van der Waals surface area contributed by atoms with Gasteiger partial charge in [-0.25, -0.2) is 23.1 Å². The third kappa shape index (κ3) is 6.04. The first-order valence-electron chi connectivity index (χ1n) is 10.3. The number of carbonyl (C=O) groups is 1. The van der Waals surface area contributed by atoms with Crippen LogP contribution in [0.1, 0.15) is 41.5 Å². The van der Waals surface area contributed by atoms with Gasteiger partial charge < -0.3 is 10.1 Å². The summed E-state index contributed by atoms with van der Waals surface area (Å²) in [7, 11) is -3.87. The average molecular weight is 455 g/mol. The maximum absolute atomic E-state index is 12.7. The number of hydrogen-bond donors (Lipinski definition) is 2. The number of hydrogen-bond acceptors (Lipinski definition) is 6. The molecule has 3 rings (SSSR count). The topological polar surface area (TPSA) is 110 Å². The van der Waals surface area contributed by atoms with Crippen molar-refractivity contribution in [3.05, 3.63) is 71.5 Å². The number of carbonyl (C=O) groups excluding carboxylic acids is 1.